The van der Waals surface area contributed by atoms with Crippen molar-refractivity contribution in [2.75, 3.05) is 7.05 Å². The molecule has 7 nitrogen and oxygen atoms in total. The Bertz CT molecular complexity index is 613. The molecule has 20 heavy (non-hydrogen) atoms. The molecule has 2 N–H and O–H groups in total. The molecular formula is C12H21N3O4S. The number of hydrogen-bond acceptors (Lipinski definition) is 4. The highest BCUT2D eigenvalue weighted by Gasteiger charge is 2.37. The Morgan fingerprint density at radius 2 is 1.90 bits per heavy atom. The van der Waals surface area contributed by atoms with E-state index in [2.05, 4.69) is 10.2 Å². The van der Waals surface area contributed by atoms with E-state index in [9.17, 15) is 13.2 Å². The lowest BCUT2D eigenvalue weighted by atomic mass is 9.88. The standard InChI is InChI=1S/C12H21N3O4S/c1-7-9(11(16)17)10(14-13-7)20(18,19)15(6)8(2)12(3,4)5/h8H,1-6H3,(H,13,14)(H,16,17). The van der Waals surface area contributed by atoms with Crippen LogP contribution in [0.4, 0.5) is 0 Å². The maximum Gasteiger partial charge on any atom is 0.340 e. The summed E-state index contributed by atoms with van der Waals surface area (Å²) < 4.78 is 26.2. The lowest BCUT2D eigenvalue weighted by Gasteiger charge is -2.34. The number of H-pyrrole nitrogens is 1. The van der Waals surface area contributed by atoms with E-state index in [1.54, 1.807) is 6.92 Å². The van der Waals surface area contributed by atoms with Gasteiger partial charge in [-0.3, -0.25) is 5.10 Å². The molecule has 8 heteroatoms. The second-order valence-corrected chi connectivity index (χ2v) is 7.81. The Balaban J connectivity index is 3.35. The largest absolute Gasteiger partial charge is 0.478 e. The molecule has 0 saturated heterocycles. The van der Waals surface area contributed by atoms with Gasteiger partial charge in [0, 0.05) is 18.8 Å². The maximum absolute atomic E-state index is 12.5. The molecular weight excluding hydrogens is 282 g/mol. The fraction of sp³-hybridized carbons (Fsp3) is 0.667. The topological polar surface area (TPSA) is 103 Å². The molecule has 114 valence electrons. The van der Waals surface area contributed by atoms with E-state index in [1.165, 1.54) is 14.0 Å². The zero-order chi connectivity index (χ0) is 15.9. The van der Waals surface area contributed by atoms with E-state index >= 15 is 0 Å². The highest BCUT2D eigenvalue weighted by molar-refractivity contribution is 7.89. The van der Waals surface area contributed by atoms with Crippen LogP contribution in [0.5, 0.6) is 0 Å². The van der Waals surface area contributed by atoms with Gasteiger partial charge in [0.15, 0.2) is 0 Å². The quantitative estimate of drug-likeness (QED) is 0.876. The predicted octanol–water partition coefficient (Wildman–Crippen LogP) is 1.47. The molecule has 1 atom stereocenters. The Labute approximate surface area is 119 Å². The monoisotopic (exact) mass is 303 g/mol. The zero-order valence-corrected chi connectivity index (χ0v) is 13.4. The first kappa shape index (κ1) is 16.6. The summed E-state index contributed by atoms with van der Waals surface area (Å²) in [4.78, 5) is 11.2. The summed E-state index contributed by atoms with van der Waals surface area (Å²) in [5, 5.41) is 14.8. The van der Waals surface area contributed by atoms with E-state index in [-0.39, 0.29) is 22.7 Å². The number of nitrogens with one attached hydrogen (secondary N) is 1. The molecule has 0 amide bonds. The first-order valence-electron chi connectivity index (χ1n) is 6.17. The fourth-order valence-electron chi connectivity index (χ4n) is 1.74. The summed E-state index contributed by atoms with van der Waals surface area (Å²) in [6.45, 7) is 8.99. The molecule has 0 saturated carbocycles. The minimum atomic E-state index is -3.97. The first-order chi connectivity index (χ1) is 8.90. The average Bonchev–Trinajstić information content (AvgIpc) is 2.68. The number of aryl methyl sites for hydroxylation is 1. The number of carbonyl (C=O) groups is 1. The summed E-state index contributed by atoms with van der Waals surface area (Å²) in [6, 6.07) is -0.314. The number of hydrogen-bond donors (Lipinski definition) is 2. The zero-order valence-electron chi connectivity index (χ0n) is 12.6. The van der Waals surface area contributed by atoms with Crippen LogP contribution in [0.1, 0.15) is 43.7 Å². The van der Waals surface area contributed by atoms with Gasteiger partial charge in [-0.05, 0) is 19.3 Å². The van der Waals surface area contributed by atoms with Gasteiger partial charge in [-0.15, -0.1) is 0 Å². The molecule has 0 fully saturated rings. The molecule has 1 heterocycles. The van der Waals surface area contributed by atoms with Crippen molar-refractivity contribution in [2.24, 2.45) is 5.41 Å². The van der Waals surface area contributed by atoms with Gasteiger partial charge in [-0.1, -0.05) is 20.8 Å². The lowest BCUT2D eigenvalue weighted by Crippen LogP contribution is -2.43. The minimum absolute atomic E-state index is 0.216. The Morgan fingerprint density at radius 3 is 2.30 bits per heavy atom. The highest BCUT2D eigenvalue weighted by atomic mass is 32.2. The van der Waals surface area contributed by atoms with Crippen LogP contribution < -0.4 is 0 Å². The van der Waals surface area contributed by atoms with Gasteiger partial charge < -0.3 is 5.11 Å². The number of rotatable bonds is 4. The SMILES string of the molecule is Cc1[nH]nc(S(=O)(=O)N(C)C(C)C(C)(C)C)c1C(=O)O. The van der Waals surface area contributed by atoms with Gasteiger partial charge >= 0.3 is 5.97 Å². The summed E-state index contributed by atoms with van der Waals surface area (Å²) >= 11 is 0. The molecule has 1 unspecified atom stereocenters. The van der Waals surface area contributed by atoms with Gasteiger partial charge in [0.1, 0.15) is 5.56 Å². The van der Waals surface area contributed by atoms with Crippen molar-refractivity contribution < 1.29 is 18.3 Å². The Kier molecular flexibility index (Phi) is 4.31. The van der Waals surface area contributed by atoms with Crippen molar-refractivity contribution in [3.63, 3.8) is 0 Å². The molecule has 0 aliphatic heterocycles. The van der Waals surface area contributed by atoms with Crippen molar-refractivity contribution in [2.45, 2.75) is 45.7 Å². The minimum Gasteiger partial charge on any atom is -0.478 e. The lowest BCUT2D eigenvalue weighted by molar-refractivity contribution is 0.0691. The molecule has 0 radical (unpaired) electrons. The Morgan fingerprint density at radius 1 is 1.40 bits per heavy atom. The van der Waals surface area contributed by atoms with E-state index in [0.29, 0.717) is 0 Å². The maximum atomic E-state index is 12.5. The number of carboxylic acid groups (broad SMARTS) is 1. The number of nitrogens with zero attached hydrogens (tertiary/aromatic N) is 2. The second kappa shape index (κ2) is 5.17. The summed E-state index contributed by atoms with van der Waals surface area (Å²) in [5.41, 5.74) is -0.373. The molecule has 0 spiro atoms. The summed E-state index contributed by atoms with van der Waals surface area (Å²) in [6.07, 6.45) is 0. The first-order valence-corrected chi connectivity index (χ1v) is 7.61. The van der Waals surface area contributed by atoms with Crippen LogP contribution in [0.3, 0.4) is 0 Å². The van der Waals surface area contributed by atoms with E-state index < -0.39 is 21.0 Å². The molecule has 1 aromatic heterocycles. The van der Waals surface area contributed by atoms with Crippen molar-refractivity contribution in [1.82, 2.24) is 14.5 Å². The highest BCUT2D eigenvalue weighted by Crippen LogP contribution is 2.28. The van der Waals surface area contributed by atoms with E-state index in [4.69, 9.17) is 5.11 Å². The third-order valence-electron chi connectivity index (χ3n) is 3.55. The fourth-order valence-corrected chi connectivity index (χ4v) is 3.40. The van der Waals surface area contributed by atoms with Gasteiger partial charge in [-0.25, -0.2) is 13.2 Å². The van der Waals surface area contributed by atoms with Crippen molar-refractivity contribution in [3.05, 3.63) is 11.3 Å². The number of aromatic amines is 1. The van der Waals surface area contributed by atoms with Crippen molar-refractivity contribution >= 4 is 16.0 Å². The van der Waals surface area contributed by atoms with Crippen LogP contribution >= 0.6 is 0 Å². The van der Waals surface area contributed by atoms with E-state index in [0.717, 1.165) is 4.31 Å². The summed E-state index contributed by atoms with van der Waals surface area (Å²) in [7, 11) is -2.53. The normalized spacial score (nSPS) is 14.6. The molecule has 1 rings (SSSR count). The molecule has 0 aromatic carbocycles. The Hall–Kier alpha value is -1.41. The van der Waals surface area contributed by atoms with Crippen LogP contribution in [0, 0.1) is 12.3 Å². The van der Waals surface area contributed by atoms with Gasteiger partial charge in [0.25, 0.3) is 10.0 Å². The molecule has 1 aromatic rings. The van der Waals surface area contributed by atoms with Gasteiger partial charge in [0.05, 0.1) is 0 Å². The molecule has 0 bridgehead atoms. The van der Waals surface area contributed by atoms with Crippen molar-refractivity contribution in [1.29, 1.82) is 0 Å². The number of aromatic nitrogens is 2. The third-order valence-corrected chi connectivity index (χ3v) is 5.41. The van der Waals surface area contributed by atoms with Gasteiger partial charge in [0.2, 0.25) is 5.03 Å². The van der Waals surface area contributed by atoms with Crippen molar-refractivity contribution in [3.8, 4) is 0 Å². The average molecular weight is 303 g/mol. The van der Waals surface area contributed by atoms with Crippen LogP contribution in [0.15, 0.2) is 5.03 Å². The molecule has 0 aliphatic rings. The van der Waals surface area contributed by atoms with Crippen LogP contribution in [-0.4, -0.2) is 47.1 Å². The van der Waals surface area contributed by atoms with Gasteiger partial charge in [-0.2, -0.15) is 9.40 Å². The summed E-state index contributed by atoms with van der Waals surface area (Å²) in [5.74, 6) is -1.31. The van der Waals surface area contributed by atoms with Crippen LogP contribution in [-0.2, 0) is 10.0 Å². The second-order valence-electron chi connectivity index (χ2n) is 5.90. The smallest absolute Gasteiger partial charge is 0.340 e. The van der Waals surface area contributed by atoms with Crippen LogP contribution in [0.25, 0.3) is 0 Å². The molecule has 0 aliphatic carbocycles. The van der Waals surface area contributed by atoms with E-state index in [1.807, 2.05) is 20.8 Å². The number of aromatic carboxylic acids is 1. The van der Waals surface area contributed by atoms with Crippen LogP contribution in [0.2, 0.25) is 0 Å². The third kappa shape index (κ3) is 2.85. The number of sulfonamides is 1. The number of carboxylic acids is 1. The predicted molar refractivity (Wildman–Crippen MR) is 74.1 cm³/mol.